The molecule has 0 bridgehead atoms. The van der Waals surface area contributed by atoms with Crippen LogP contribution in [0, 0.1) is 10.1 Å². The number of carbonyl (C=O) groups excluding carboxylic acids is 2. The highest BCUT2D eigenvalue weighted by Crippen LogP contribution is 2.37. The van der Waals surface area contributed by atoms with Gasteiger partial charge in [-0.1, -0.05) is 42.5 Å². The van der Waals surface area contributed by atoms with Gasteiger partial charge in [0.1, 0.15) is 11.5 Å². The zero-order valence-electron chi connectivity index (χ0n) is 19.9. The third kappa shape index (κ3) is 5.84. The van der Waals surface area contributed by atoms with Crippen LogP contribution in [0.3, 0.4) is 0 Å². The largest absolute Gasteiger partial charge is 0.545 e. The number of thioether (sulfide) groups is 1. The van der Waals surface area contributed by atoms with E-state index in [0.717, 1.165) is 5.56 Å². The number of carboxylic acid groups (broad SMARTS) is 1. The van der Waals surface area contributed by atoms with E-state index in [1.165, 1.54) is 40.9 Å². The van der Waals surface area contributed by atoms with E-state index >= 15 is 0 Å². The van der Waals surface area contributed by atoms with Crippen molar-refractivity contribution in [1.29, 1.82) is 0 Å². The Labute approximate surface area is 234 Å². The van der Waals surface area contributed by atoms with E-state index < -0.39 is 10.9 Å². The minimum absolute atomic E-state index is 0.0490. The van der Waals surface area contributed by atoms with Gasteiger partial charge in [0.05, 0.1) is 28.0 Å². The summed E-state index contributed by atoms with van der Waals surface area (Å²) in [6.07, 6.45) is 1.62. The number of nitrogens with zero attached hydrogens (tertiary/aromatic N) is 3. The number of rotatable bonds is 7. The van der Waals surface area contributed by atoms with Gasteiger partial charge in [-0.3, -0.25) is 19.8 Å². The molecule has 1 amide bonds. The van der Waals surface area contributed by atoms with Crippen molar-refractivity contribution in [2.45, 2.75) is 6.54 Å². The molecule has 3 aromatic carbocycles. The first-order valence-corrected chi connectivity index (χ1v) is 13.1. The first kappa shape index (κ1) is 26.1. The molecule has 1 aliphatic rings. The molecule has 0 radical (unpaired) electrons. The minimum Gasteiger partial charge on any atom is -0.545 e. The zero-order chi connectivity index (χ0) is 27.5. The molecular formula is C28H17BrN3O6S-. The Morgan fingerprint density at radius 1 is 1.05 bits per heavy atom. The lowest BCUT2D eigenvalue weighted by Crippen LogP contribution is -2.28. The average molecular weight is 603 g/mol. The molecule has 0 aliphatic carbocycles. The predicted molar refractivity (Wildman–Crippen MR) is 149 cm³/mol. The number of carbonyl (C=O) groups is 2. The molecule has 0 N–H and O–H groups in total. The molecule has 2 heterocycles. The van der Waals surface area contributed by atoms with Gasteiger partial charge >= 0.3 is 0 Å². The predicted octanol–water partition coefficient (Wildman–Crippen LogP) is 5.79. The van der Waals surface area contributed by atoms with Crippen LogP contribution in [0.2, 0.25) is 0 Å². The molecule has 0 unspecified atom stereocenters. The van der Waals surface area contributed by atoms with E-state index in [-0.39, 0.29) is 23.7 Å². The van der Waals surface area contributed by atoms with Crippen LogP contribution < -0.4 is 5.11 Å². The van der Waals surface area contributed by atoms with Crippen LogP contribution in [0.4, 0.5) is 11.4 Å². The summed E-state index contributed by atoms with van der Waals surface area (Å²) in [5.74, 6) is -0.662. The minimum atomic E-state index is -1.27. The van der Waals surface area contributed by atoms with E-state index in [4.69, 9.17) is 4.42 Å². The van der Waals surface area contributed by atoms with E-state index in [9.17, 15) is 24.8 Å². The number of amidine groups is 1. The van der Waals surface area contributed by atoms with E-state index in [1.54, 1.807) is 36.4 Å². The van der Waals surface area contributed by atoms with Gasteiger partial charge in [0, 0.05) is 28.2 Å². The topological polar surface area (TPSA) is 129 Å². The Bertz CT molecular complexity index is 1650. The molecule has 1 saturated heterocycles. The molecule has 194 valence electrons. The number of carboxylic acids is 1. The van der Waals surface area contributed by atoms with Crippen molar-refractivity contribution in [2.75, 3.05) is 0 Å². The molecule has 11 heteroatoms. The molecular weight excluding hydrogens is 586 g/mol. The molecule has 1 aliphatic heterocycles. The van der Waals surface area contributed by atoms with Gasteiger partial charge in [-0.05, 0) is 69.2 Å². The fraction of sp³-hybridized carbons (Fsp3) is 0.0357. The maximum Gasteiger partial charge on any atom is 0.270 e. The number of aromatic carboxylic acids is 1. The third-order valence-electron chi connectivity index (χ3n) is 5.73. The number of benzene rings is 3. The van der Waals surface area contributed by atoms with Gasteiger partial charge < -0.3 is 14.3 Å². The molecule has 0 spiro atoms. The van der Waals surface area contributed by atoms with E-state index in [1.807, 2.05) is 30.3 Å². The second-order valence-electron chi connectivity index (χ2n) is 8.34. The number of aliphatic imine (C=N–C) groups is 1. The van der Waals surface area contributed by atoms with Crippen LogP contribution in [-0.4, -0.2) is 26.9 Å². The van der Waals surface area contributed by atoms with Crippen molar-refractivity contribution < 1.29 is 24.0 Å². The number of amides is 1. The Balaban J connectivity index is 1.44. The standard InChI is InChI=1S/C28H18BrN3O6S/c29-23-14-20(32(36)37)10-12-22(23)24-13-11-21(38-24)15-25-26(33)31(16-17-6-8-18(9-7-17)27(34)35)28(39-25)30-19-4-2-1-3-5-19/h1-15H,16H2,(H,34,35)/p-1/b25-15+,30-28?. The molecule has 39 heavy (non-hydrogen) atoms. The number of nitro groups is 1. The summed E-state index contributed by atoms with van der Waals surface area (Å²) < 4.78 is 6.45. The highest BCUT2D eigenvalue weighted by molar-refractivity contribution is 9.10. The monoisotopic (exact) mass is 602 g/mol. The van der Waals surface area contributed by atoms with Gasteiger partial charge in [-0.15, -0.1) is 0 Å². The molecule has 5 rings (SSSR count). The van der Waals surface area contributed by atoms with Gasteiger partial charge in [0.15, 0.2) is 5.17 Å². The summed E-state index contributed by atoms with van der Waals surface area (Å²) in [6.45, 7) is 0.182. The van der Waals surface area contributed by atoms with Crippen molar-refractivity contribution in [3.63, 3.8) is 0 Å². The lowest BCUT2D eigenvalue weighted by atomic mass is 10.1. The number of para-hydroxylation sites is 1. The Kier molecular flexibility index (Phi) is 7.44. The Morgan fingerprint density at radius 2 is 1.79 bits per heavy atom. The third-order valence-corrected chi connectivity index (χ3v) is 7.39. The number of hydrogen-bond acceptors (Lipinski definition) is 8. The van der Waals surface area contributed by atoms with Gasteiger partial charge in [0.2, 0.25) is 0 Å². The molecule has 1 aromatic heterocycles. The first-order chi connectivity index (χ1) is 18.8. The number of non-ortho nitro benzene ring substituents is 1. The summed E-state index contributed by atoms with van der Waals surface area (Å²) in [5.41, 5.74) is 2.03. The van der Waals surface area contributed by atoms with Crippen LogP contribution in [0.1, 0.15) is 21.7 Å². The van der Waals surface area contributed by atoms with Crippen LogP contribution >= 0.6 is 27.7 Å². The van der Waals surface area contributed by atoms with Crippen LogP contribution in [0.25, 0.3) is 17.4 Å². The SMILES string of the molecule is O=C([O-])c1ccc(CN2C(=O)/C(=C\c3ccc(-c4ccc([N+](=O)[O-])cc4Br)o3)SC2=Nc2ccccc2)cc1. The number of nitro benzene ring substituents is 1. The Morgan fingerprint density at radius 3 is 2.46 bits per heavy atom. The smallest absolute Gasteiger partial charge is 0.270 e. The van der Waals surface area contributed by atoms with Gasteiger partial charge in [0.25, 0.3) is 11.6 Å². The van der Waals surface area contributed by atoms with Crippen LogP contribution in [0.5, 0.6) is 0 Å². The summed E-state index contributed by atoms with van der Waals surface area (Å²) in [4.78, 5) is 41.7. The van der Waals surface area contributed by atoms with Crippen molar-refractivity contribution >= 4 is 62.2 Å². The second-order valence-corrected chi connectivity index (χ2v) is 10.2. The summed E-state index contributed by atoms with van der Waals surface area (Å²) in [7, 11) is 0. The fourth-order valence-electron chi connectivity index (χ4n) is 3.79. The molecule has 0 atom stereocenters. The summed E-state index contributed by atoms with van der Waals surface area (Å²) in [6, 6.07) is 23.2. The molecule has 4 aromatic rings. The van der Waals surface area contributed by atoms with Gasteiger partial charge in [-0.2, -0.15) is 0 Å². The highest BCUT2D eigenvalue weighted by Gasteiger charge is 2.34. The number of hydrogen-bond donors (Lipinski definition) is 0. The zero-order valence-corrected chi connectivity index (χ0v) is 22.3. The first-order valence-electron chi connectivity index (χ1n) is 11.5. The van der Waals surface area contributed by atoms with Crippen molar-refractivity contribution in [1.82, 2.24) is 4.90 Å². The summed E-state index contributed by atoms with van der Waals surface area (Å²) in [5, 5.41) is 22.6. The quantitative estimate of drug-likeness (QED) is 0.149. The van der Waals surface area contributed by atoms with Crippen molar-refractivity contribution in [3.8, 4) is 11.3 Å². The lowest BCUT2D eigenvalue weighted by molar-refractivity contribution is -0.384. The lowest BCUT2D eigenvalue weighted by Gasteiger charge is -2.16. The number of halogens is 1. The Hall–Kier alpha value is -4.48. The van der Waals surface area contributed by atoms with Crippen LogP contribution in [-0.2, 0) is 11.3 Å². The van der Waals surface area contributed by atoms with Gasteiger partial charge in [-0.25, -0.2) is 4.99 Å². The van der Waals surface area contributed by atoms with Crippen molar-refractivity contribution in [2.24, 2.45) is 4.99 Å². The molecule has 0 saturated carbocycles. The normalized spacial score (nSPS) is 15.3. The number of furan rings is 1. The second kappa shape index (κ2) is 11.1. The van der Waals surface area contributed by atoms with Crippen molar-refractivity contribution in [3.05, 3.63) is 121 Å². The maximum atomic E-state index is 13.5. The van der Waals surface area contributed by atoms with E-state index in [0.29, 0.717) is 37.3 Å². The molecule has 9 nitrogen and oxygen atoms in total. The fourth-order valence-corrected chi connectivity index (χ4v) is 5.33. The highest BCUT2D eigenvalue weighted by atomic mass is 79.9. The maximum absolute atomic E-state index is 13.5. The van der Waals surface area contributed by atoms with E-state index in [2.05, 4.69) is 20.9 Å². The molecule has 1 fully saturated rings. The van der Waals surface area contributed by atoms with Crippen LogP contribution in [0.15, 0.2) is 104 Å². The summed E-state index contributed by atoms with van der Waals surface area (Å²) >= 11 is 4.55. The average Bonchev–Trinajstić information content (AvgIpc) is 3.50.